The quantitative estimate of drug-likeness (QED) is 0.285. The van der Waals surface area contributed by atoms with Crippen LogP contribution in [-0.4, -0.2) is 35.8 Å². The Kier molecular flexibility index (Phi) is 7.44. The van der Waals surface area contributed by atoms with Crippen LogP contribution >= 0.6 is 8.58 Å². The Labute approximate surface area is 205 Å². The lowest BCUT2D eigenvalue weighted by molar-refractivity contribution is -0.132. The van der Waals surface area contributed by atoms with Crippen molar-refractivity contribution in [2.75, 3.05) is 12.4 Å². The minimum atomic E-state index is -1.04. The summed E-state index contributed by atoms with van der Waals surface area (Å²) in [4.78, 5) is 31.7. The molecule has 2 N–H and O–H groups in total. The second-order valence-electron chi connectivity index (χ2n) is 7.92. The van der Waals surface area contributed by atoms with Crippen molar-refractivity contribution in [2.45, 2.75) is 6.92 Å². The van der Waals surface area contributed by atoms with Crippen LogP contribution in [0.4, 0.5) is 17.1 Å². The Hall–Kier alpha value is -4.15. The highest BCUT2D eigenvalue weighted by molar-refractivity contribution is 7.55. The number of benzene rings is 3. The van der Waals surface area contributed by atoms with Gasteiger partial charge in [-0.25, -0.2) is 9.79 Å². The highest BCUT2D eigenvalue weighted by Gasteiger charge is 2.16. The number of carbonyl (C=O) groups excluding carboxylic acids is 1. The van der Waals surface area contributed by atoms with Gasteiger partial charge in [0.15, 0.2) is 6.29 Å². The van der Waals surface area contributed by atoms with E-state index in [2.05, 4.69) is 46.5 Å². The molecule has 0 bridgehead atoms. The Morgan fingerprint density at radius 2 is 1.69 bits per heavy atom. The minimum Gasteiger partial charge on any atom is -0.478 e. The molecule has 0 aliphatic heterocycles. The monoisotopic (exact) mass is 481 g/mol. The Morgan fingerprint density at radius 1 is 0.971 bits per heavy atom. The van der Waals surface area contributed by atoms with E-state index in [4.69, 9.17) is 0 Å². The lowest BCUT2D eigenvalue weighted by Gasteiger charge is -2.12. The molecule has 4 rings (SSSR count). The Morgan fingerprint density at radius 3 is 2.34 bits per heavy atom. The van der Waals surface area contributed by atoms with E-state index in [0.29, 0.717) is 31.3 Å². The molecule has 0 saturated carbocycles. The molecule has 1 atom stereocenters. The van der Waals surface area contributed by atoms with E-state index in [1.807, 2.05) is 42.5 Å². The van der Waals surface area contributed by atoms with Gasteiger partial charge in [0.2, 0.25) is 0 Å². The van der Waals surface area contributed by atoms with E-state index in [1.54, 1.807) is 19.2 Å². The Balaban J connectivity index is 1.48. The summed E-state index contributed by atoms with van der Waals surface area (Å²) in [6.45, 7) is 2.06. The van der Waals surface area contributed by atoms with Gasteiger partial charge < -0.3 is 10.4 Å². The molecule has 6 nitrogen and oxygen atoms in total. The molecular weight excluding hydrogens is 457 g/mol. The number of hydrogen-bond donors (Lipinski definition) is 2. The van der Waals surface area contributed by atoms with Gasteiger partial charge in [-0.1, -0.05) is 44.5 Å². The van der Waals surface area contributed by atoms with Crippen molar-refractivity contribution in [3.05, 3.63) is 102 Å². The fourth-order valence-corrected chi connectivity index (χ4v) is 4.60. The van der Waals surface area contributed by atoms with Gasteiger partial charge in [0, 0.05) is 24.0 Å². The fourth-order valence-electron chi connectivity index (χ4n) is 3.54. The smallest absolute Gasteiger partial charge is 0.337 e. The number of carboxylic acid groups (broad SMARTS) is 1. The summed E-state index contributed by atoms with van der Waals surface area (Å²) in [5, 5.41) is 15.0. The molecule has 0 aromatic heterocycles. The van der Waals surface area contributed by atoms with Gasteiger partial charge in [0.05, 0.1) is 22.7 Å². The van der Waals surface area contributed by atoms with E-state index in [-0.39, 0.29) is 5.57 Å². The van der Waals surface area contributed by atoms with Crippen LogP contribution < -0.4 is 15.9 Å². The first-order chi connectivity index (χ1) is 16.9. The standard InChI is InChI=1S/C28H24N3O3P/c1-18-3-10-23(11-4-18)35-24-12-14-26(19(15-24)17-32)31-21-7-5-20(6-8-21)30-22-9-13-27(29-2)25(16-22)28(33)34/h3-17,31,35H,1-2H3,(H,33,34). The van der Waals surface area contributed by atoms with Gasteiger partial charge in [-0.2, -0.15) is 0 Å². The van der Waals surface area contributed by atoms with Crippen molar-refractivity contribution in [1.29, 1.82) is 0 Å². The van der Waals surface area contributed by atoms with Crippen LogP contribution in [-0.2, 0) is 4.79 Å². The molecule has 0 heterocycles. The lowest BCUT2D eigenvalue weighted by atomic mass is 10.0. The molecule has 174 valence electrons. The SMILES string of the molecule is CN=C1C=CC(=Nc2ccc(Nc3ccc(Pc4ccc(C)cc4)cc3C=O)cc2)C=C1C(=O)O. The van der Waals surface area contributed by atoms with Crippen molar-refractivity contribution >= 4 is 59.9 Å². The van der Waals surface area contributed by atoms with Crippen molar-refractivity contribution in [1.82, 2.24) is 0 Å². The third-order valence-electron chi connectivity index (χ3n) is 5.37. The summed E-state index contributed by atoms with van der Waals surface area (Å²) >= 11 is 0. The van der Waals surface area contributed by atoms with Crippen LogP contribution in [0.2, 0.25) is 0 Å². The average Bonchev–Trinajstić information content (AvgIpc) is 2.87. The number of nitrogens with zero attached hydrogens (tertiary/aromatic N) is 2. The first-order valence-corrected chi connectivity index (χ1v) is 11.9. The molecule has 35 heavy (non-hydrogen) atoms. The molecule has 3 aromatic rings. The number of allylic oxidation sites excluding steroid dienone is 3. The number of aliphatic imine (C=N–C) groups is 2. The van der Waals surface area contributed by atoms with E-state index >= 15 is 0 Å². The number of aryl methyl sites for hydroxylation is 1. The predicted octanol–water partition coefficient (Wildman–Crippen LogP) is 4.90. The number of nitrogens with one attached hydrogen (secondary N) is 1. The molecule has 0 spiro atoms. The molecule has 1 aliphatic carbocycles. The average molecular weight is 481 g/mol. The molecule has 7 heteroatoms. The van der Waals surface area contributed by atoms with Crippen molar-refractivity contribution in [3.8, 4) is 0 Å². The van der Waals surface area contributed by atoms with Crippen molar-refractivity contribution < 1.29 is 14.7 Å². The summed E-state index contributed by atoms with van der Waals surface area (Å²) in [6.07, 6.45) is 5.74. The highest BCUT2D eigenvalue weighted by Crippen LogP contribution is 2.24. The summed E-state index contributed by atoms with van der Waals surface area (Å²) < 4.78 is 0. The highest BCUT2D eigenvalue weighted by atomic mass is 31.1. The lowest BCUT2D eigenvalue weighted by Crippen LogP contribution is -2.15. The number of carboxylic acids is 1. The maximum atomic E-state index is 11.7. The predicted molar refractivity (Wildman–Crippen MR) is 146 cm³/mol. The Bertz CT molecular complexity index is 1390. The summed E-state index contributed by atoms with van der Waals surface area (Å²) in [6, 6.07) is 21.7. The van der Waals surface area contributed by atoms with Crippen LogP contribution in [0.15, 0.2) is 101 Å². The van der Waals surface area contributed by atoms with Crippen LogP contribution in [0.3, 0.4) is 0 Å². The zero-order chi connectivity index (χ0) is 24.8. The number of rotatable bonds is 7. The number of anilines is 2. The van der Waals surface area contributed by atoms with Gasteiger partial charge in [-0.05, 0) is 72.2 Å². The topological polar surface area (TPSA) is 91.1 Å². The number of aldehydes is 1. The molecule has 1 unspecified atom stereocenters. The number of aliphatic carboxylic acids is 1. The van der Waals surface area contributed by atoms with Crippen LogP contribution in [0.25, 0.3) is 0 Å². The third-order valence-corrected chi connectivity index (χ3v) is 6.60. The maximum absolute atomic E-state index is 11.7. The van der Waals surface area contributed by atoms with Crippen LogP contribution in [0.1, 0.15) is 15.9 Å². The van der Waals surface area contributed by atoms with Gasteiger partial charge in [-0.15, -0.1) is 0 Å². The first kappa shape index (κ1) is 24.0. The zero-order valence-electron chi connectivity index (χ0n) is 19.3. The molecule has 0 saturated heterocycles. The van der Waals surface area contributed by atoms with Gasteiger partial charge >= 0.3 is 5.97 Å². The fraction of sp³-hybridized carbons (Fsp3) is 0.0714. The molecule has 1 aliphatic rings. The van der Waals surface area contributed by atoms with Crippen molar-refractivity contribution in [2.24, 2.45) is 9.98 Å². The molecular formula is C28H24N3O3P. The van der Waals surface area contributed by atoms with Gasteiger partial charge in [0.25, 0.3) is 0 Å². The van der Waals surface area contributed by atoms with Crippen molar-refractivity contribution in [3.63, 3.8) is 0 Å². The maximum Gasteiger partial charge on any atom is 0.337 e. The van der Waals surface area contributed by atoms with E-state index < -0.39 is 5.97 Å². The second-order valence-corrected chi connectivity index (χ2v) is 9.33. The third kappa shape index (κ3) is 6.05. The molecule has 3 aromatic carbocycles. The number of hydrogen-bond acceptors (Lipinski definition) is 5. The van der Waals surface area contributed by atoms with E-state index in [1.165, 1.54) is 16.9 Å². The molecule has 0 fully saturated rings. The summed E-state index contributed by atoms with van der Waals surface area (Å²) in [5.74, 6) is -1.04. The van der Waals surface area contributed by atoms with E-state index in [0.717, 1.165) is 23.0 Å². The molecule has 0 amide bonds. The number of carbonyl (C=O) groups is 2. The minimum absolute atomic E-state index is 0.111. The summed E-state index contributed by atoms with van der Waals surface area (Å²) in [5.41, 5.74) is 5.09. The van der Waals surface area contributed by atoms with Gasteiger partial charge in [0.1, 0.15) is 0 Å². The largest absolute Gasteiger partial charge is 0.478 e. The van der Waals surface area contributed by atoms with E-state index in [9.17, 15) is 14.7 Å². The van der Waals surface area contributed by atoms with Gasteiger partial charge in [-0.3, -0.25) is 9.79 Å². The first-order valence-electron chi connectivity index (χ1n) is 10.9. The molecule has 0 radical (unpaired) electrons. The zero-order valence-corrected chi connectivity index (χ0v) is 20.3. The summed E-state index contributed by atoms with van der Waals surface area (Å²) in [7, 11) is 2.03. The van der Waals surface area contributed by atoms with Crippen LogP contribution in [0, 0.1) is 6.92 Å². The second kappa shape index (κ2) is 10.9. The van der Waals surface area contributed by atoms with Crippen LogP contribution in [0.5, 0.6) is 0 Å². The normalized spacial score (nSPS) is 15.5.